The van der Waals surface area contributed by atoms with Crippen LogP contribution in [0.5, 0.6) is 5.75 Å². The minimum atomic E-state index is 0.808. The summed E-state index contributed by atoms with van der Waals surface area (Å²) in [6.45, 7) is 6.45. The molecule has 2 aliphatic rings. The topological polar surface area (TPSA) is 15.7 Å². The van der Waals surface area contributed by atoms with Gasteiger partial charge in [-0.15, -0.1) is 0 Å². The molecule has 4 heteroatoms. The lowest BCUT2D eigenvalue weighted by atomic mass is 9.89. The molecule has 2 fully saturated rings. The summed E-state index contributed by atoms with van der Waals surface area (Å²) in [6.07, 6.45) is 8.03. The third-order valence-electron chi connectivity index (χ3n) is 6.16. The van der Waals surface area contributed by atoms with Gasteiger partial charge in [-0.3, -0.25) is 0 Å². The molecule has 0 unspecified atom stereocenters. The van der Waals surface area contributed by atoms with Crippen molar-refractivity contribution in [2.45, 2.75) is 38.5 Å². The van der Waals surface area contributed by atoms with E-state index in [-0.39, 0.29) is 0 Å². The fraction of sp³-hybridized carbons (Fsp3) is 0.714. The molecular weight excluding hydrogens is 376 g/mol. The molecule has 0 atom stereocenters. The second kappa shape index (κ2) is 9.38. The summed E-state index contributed by atoms with van der Waals surface area (Å²) in [5.41, 5.74) is 1.39. The van der Waals surface area contributed by atoms with E-state index in [2.05, 4.69) is 44.9 Å². The Morgan fingerprint density at radius 3 is 2.40 bits per heavy atom. The first-order valence-corrected chi connectivity index (χ1v) is 10.7. The zero-order valence-electron chi connectivity index (χ0n) is 15.8. The molecule has 2 heterocycles. The van der Waals surface area contributed by atoms with Crippen LogP contribution in [-0.2, 0) is 6.42 Å². The maximum Gasteiger partial charge on any atom is 0.119 e. The predicted octanol–water partition coefficient (Wildman–Crippen LogP) is 4.44. The minimum Gasteiger partial charge on any atom is -0.497 e. The van der Waals surface area contributed by atoms with Crippen LogP contribution in [0.1, 0.15) is 37.7 Å². The summed E-state index contributed by atoms with van der Waals surface area (Å²) < 4.78 is 6.60. The fourth-order valence-corrected chi connectivity index (χ4v) is 4.68. The molecule has 0 aliphatic carbocycles. The summed E-state index contributed by atoms with van der Waals surface area (Å²) in [5, 5.41) is 0. The SMILES string of the molecule is COc1ccc(Br)c(CC2CCN(CCC3CCN(C)CC3)CC2)c1. The minimum absolute atomic E-state index is 0.808. The molecule has 3 rings (SSSR count). The number of hydrogen-bond donors (Lipinski definition) is 0. The molecule has 2 saturated heterocycles. The van der Waals surface area contributed by atoms with E-state index in [0.717, 1.165) is 17.6 Å². The molecule has 0 saturated carbocycles. The number of methoxy groups -OCH3 is 1. The number of halogens is 1. The van der Waals surface area contributed by atoms with Crippen LogP contribution in [0.4, 0.5) is 0 Å². The molecule has 0 aromatic heterocycles. The van der Waals surface area contributed by atoms with E-state index in [9.17, 15) is 0 Å². The van der Waals surface area contributed by atoms with Gasteiger partial charge in [0, 0.05) is 4.47 Å². The standard InChI is InChI=1S/C21H33BrN2O/c1-23-10-5-17(6-11-23)7-12-24-13-8-18(9-14-24)15-19-16-20(25-2)3-4-21(19)22/h3-4,16-18H,5-15H2,1-2H3. The molecular formula is C21H33BrN2O. The highest BCUT2D eigenvalue weighted by Gasteiger charge is 2.22. The summed E-state index contributed by atoms with van der Waals surface area (Å²) in [7, 11) is 4.00. The number of likely N-dealkylation sites (tertiary alicyclic amines) is 2. The molecule has 3 nitrogen and oxygen atoms in total. The highest BCUT2D eigenvalue weighted by molar-refractivity contribution is 9.10. The molecule has 0 radical (unpaired) electrons. The monoisotopic (exact) mass is 408 g/mol. The van der Waals surface area contributed by atoms with Gasteiger partial charge in [-0.1, -0.05) is 15.9 Å². The Kier molecular flexibility index (Phi) is 7.20. The molecule has 0 N–H and O–H groups in total. The first kappa shape index (κ1) is 19.2. The lowest BCUT2D eigenvalue weighted by Gasteiger charge is -2.34. The van der Waals surface area contributed by atoms with Crippen molar-refractivity contribution in [3.05, 3.63) is 28.2 Å². The first-order chi connectivity index (χ1) is 12.1. The molecule has 25 heavy (non-hydrogen) atoms. The largest absolute Gasteiger partial charge is 0.497 e. The van der Waals surface area contributed by atoms with Crippen molar-refractivity contribution in [1.82, 2.24) is 9.80 Å². The summed E-state index contributed by atoms with van der Waals surface area (Å²) in [5.74, 6) is 2.73. The maximum atomic E-state index is 5.38. The van der Waals surface area contributed by atoms with Crippen LogP contribution in [0.25, 0.3) is 0 Å². The van der Waals surface area contributed by atoms with Crippen molar-refractivity contribution < 1.29 is 4.74 Å². The Morgan fingerprint density at radius 2 is 1.72 bits per heavy atom. The van der Waals surface area contributed by atoms with Crippen molar-refractivity contribution in [1.29, 1.82) is 0 Å². The molecule has 140 valence electrons. The van der Waals surface area contributed by atoms with Gasteiger partial charge in [0.05, 0.1) is 7.11 Å². The quantitative estimate of drug-likeness (QED) is 0.691. The lowest BCUT2D eigenvalue weighted by Crippen LogP contribution is -2.37. The van der Waals surface area contributed by atoms with Crippen LogP contribution in [0.3, 0.4) is 0 Å². The van der Waals surface area contributed by atoms with E-state index in [1.807, 2.05) is 6.07 Å². The van der Waals surface area contributed by atoms with Gasteiger partial charge in [-0.2, -0.15) is 0 Å². The predicted molar refractivity (Wildman–Crippen MR) is 108 cm³/mol. The third-order valence-corrected chi connectivity index (χ3v) is 6.93. The summed E-state index contributed by atoms with van der Waals surface area (Å²) in [4.78, 5) is 5.17. The highest BCUT2D eigenvalue weighted by atomic mass is 79.9. The number of nitrogens with zero attached hydrogens (tertiary/aromatic N) is 2. The first-order valence-electron chi connectivity index (χ1n) is 9.87. The van der Waals surface area contributed by atoms with Crippen molar-refractivity contribution in [2.24, 2.45) is 11.8 Å². The molecule has 1 aromatic rings. The Hall–Kier alpha value is -0.580. The Bertz CT molecular complexity index is 535. The highest BCUT2D eigenvalue weighted by Crippen LogP contribution is 2.29. The van der Waals surface area contributed by atoms with E-state index in [1.165, 1.54) is 81.3 Å². The summed E-state index contributed by atoms with van der Waals surface area (Å²) >= 11 is 3.70. The average Bonchev–Trinajstić information content (AvgIpc) is 2.64. The normalized spacial score (nSPS) is 21.6. The smallest absolute Gasteiger partial charge is 0.119 e. The van der Waals surface area contributed by atoms with Gasteiger partial charge in [0.25, 0.3) is 0 Å². The number of ether oxygens (including phenoxy) is 1. The fourth-order valence-electron chi connectivity index (χ4n) is 4.28. The van der Waals surface area contributed by atoms with Crippen LogP contribution in [-0.4, -0.2) is 56.7 Å². The van der Waals surface area contributed by atoms with Gasteiger partial charge in [-0.05, 0) is 114 Å². The molecule has 2 aliphatic heterocycles. The van der Waals surface area contributed by atoms with Crippen LogP contribution in [0.15, 0.2) is 22.7 Å². The third kappa shape index (κ3) is 5.70. The molecule has 0 amide bonds. The zero-order valence-corrected chi connectivity index (χ0v) is 17.4. The molecule has 0 spiro atoms. The Balaban J connectivity index is 1.40. The van der Waals surface area contributed by atoms with Crippen molar-refractivity contribution >= 4 is 15.9 Å². The average molecular weight is 409 g/mol. The summed E-state index contributed by atoms with van der Waals surface area (Å²) in [6, 6.07) is 6.33. The molecule has 1 aromatic carbocycles. The van der Waals surface area contributed by atoms with Gasteiger partial charge in [0.1, 0.15) is 5.75 Å². The van der Waals surface area contributed by atoms with Crippen molar-refractivity contribution in [3.63, 3.8) is 0 Å². The van der Waals surface area contributed by atoms with Crippen molar-refractivity contribution in [3.8, 4) is 5.75 Å². The van der Waals surface area contributed by atoms with Crippen LogP contribution < -0.4 is 4.74 Å². The van der Waals surface area contributed by atoms with Gasteiger partial charge in [0.2, 0.25) is 0 Å². The van der Waals surface area contributed by atoms with Gasteiger partial charge in [-0.25, -0.2) is 0 Å². The van der Waals surface area contributed by atoms with Crippen molar-refractivity contribution in [2.75, 3.05) is 46.9 Å². The van der Waals surface area contributed by atoms with E-state index >= 15 is 0 Å². The maximum absolute atomic E-state index is 5.38. The van der Waals surface area contributed by atoms with Crippen LogP contribution in [0, 0.1) is 11.8 Å². The Labute approximate surface area is 161 Å². The lowest BCUT2D eigenvalue weighted by molar-refractivity contribution is 0.153. The molecule has 0 bridgehead atoms. The number of hydrogen-bond acceptors (Lipinski definition) is 3. The second-order valence-electron chi connectivity index (χ2n) is 7.98. The number of rotatable bonds is 6. The van der Waals surface area contributed by atoms with E-state index in [4.69, 9.17) is 4.74 Å². The zero-order chi connectivity index (χ0) is 17.6. The van der Waals surface area contributed by atoms with Gasteiger partial charge >= 0.3 is 0 Å². The van der Waals surface area contributed by atoms with Gasteiger partial charge < -0.3 is 14.5 Å². The van der Waals surface area contributed by atoms with Gasteiger partial charge in [0.15, 0.2) is 0 Å². The van der Waals surface area contributed by atoms with E-state index in [0.29, 0.717) is 0 Å². The van der Waals surface area contributed by atoms with Crippen LogP contribution in [0.2, 0.25) is 0 Å². The number of piperidine rings is 2. The van der Waals surface area contributed by atoms with Crippen LogP contribution >= 0.6 is 15.9 Å². The van der Waals surface area contributed by atoms with E-state index in [1.54, 1.807) is 7.11 Å². The Morgan fingerprint density at radius 1 is 1.04 bits per heavy atom. The van der Waals surface area contributed by atoms with E-state index < -0.39 is 0 Å². The number of benzene rings is 1. The second-order valence-corrected chi connectivity index (χ2v) is 8.84.